The number of aliphatic hydroxyl groups excluding tert-OH is 10. The molecule has 4 aliphatic heterocycles. The zero-order valence-corrected chi connectivity index (χ0v) is 71.4. The molecule has 39 nitrogen and oxygen atoms in total. The number of aliphatic hydroxyl groups is 10. The number of carbonyl (C=O) groups excluding carboxylic acids is 9. The first-order valence-electron chi connectivity index (χ1n) is 42.3. The first-order chi connectivity index (χ1) is 57.1. The quantitative estimate of drug-likeness (QED) is 0.0157. The minimum atomic E-state index is -2.96. The van der Waals surface area contributed by atoms with E-state index < -0.39 is 153 Å². The van der Waals surface area contributed by atoms with Crippen LogP contribution in [0.15, 0.2) is 12.3 Å². The Morgan fingerprint density at radius 1 is 0.437 bits per heavy atom. The number of hydrogen-bond donors (Lipinski definition) is 19. The van der Waals surface area contributed by atoms with E-state index >= 15 is 0 Å². The lowest BCUT2D eigenvalue weighted by molar-refractivity contribution is -0.270. The first kappa shape index (κ1) is 106. The van der Waals surface area contributed by atoms with Crippen molar-refractivity contribution in [3.05, 3.63) is 12.3 Å². The van der Waals surface area contributed by atoms with Gasteiger partial charge >= 0.3 is 0 Å². The maximum Gasteiger partial charge on any atom is 0.254 e. The van der Waals surface area contributed by atoms with Gasteiger partial charge in [0.15, 0.2) is 18.9 Å². The predicted molar refractivity (Wildman–Crippen MR) is 433 cm³/mol. The Hall–Kier alpha value is -5.41. The summed E-state index contributed by atoms with van der Waals surface area (Å²) in [5, 5.41) is 123. The highest BCUT2D eigenvalue weighted by molar-refractivity contribution is 8.46. The van der Waals surface area contributed by atoms with Gasteiger partial charge < -0.3 is 146 Å². The molecule has 18 N–H and O–H groups in total. The van der Waals surface area contributed by atoms with Gasteiger partial charge in [0.1, 0.15) is 78.6 Å². The van der Waals surface area contributed by atoms with Gasteiger partial charge in [-0.2, -0.15) is 0 Å². The van der Waals surface area contributed by atoms with E-state index in [1.807, 2.05) is 0 Å². The molecular weight excluding hydrogens is 1610 g/mol. The predicted octanol–water partition coefficient (Wildman–Crippen LogP) is -0.561. The second-order valence-corrected chi connectivity index (χ2v) is 34.6. The molecule has 688 valence electrons. The van der Waals surface area contributed by atoms with Gasteiger partial charge in [0.2, 0.25) is 53.2 Å². The summed E-state index contributed by atoms with van der Waals surface area (Å²) < 4.78 is 71.0. The third kappa shape index (κ3) is 43.2. The molecule has 0 aromatic rings. The summed E-state index contributed by atoms with van der Waals surface area (Å²) in [6.45, 7) is 0.221. The molecule has 16 unspecified atom stereocenters. The van der Waals surface area contributed by atoms with Crippen molar-refractivity contribution in [1.82, 2.24) is 47.4 Å². The average molecular weight is 1750 g/mol. The van der Waals surface area contributed by atoms with Gasteiger partial charge in [-0.15, -0.1) is 0 Å². The molecule has 4 heterocycles. The SMILES string of the molecule is CC(=O)NC1C(OCCCCCCNC(=O)CCOCC(COCCC(=O)NCCCCCCOC2OC(CO)C(O)C(O)C2NC(C)=O)(COCCC(=O)NCCCCCCOC2OC(CO)C(O)C(O)C2NC(C)=O)NC(=O)C2CN(C(=O)CCCC(=O)NCCCCCCCOP(=O)(S)CCCCC/C=C/O)C2)OC(CO)C(O)C1O. The van der Waals surface area contributed by atoms with Gasteiger partial charge in [-0.25, -0.2) is 0 Å². The fourth-order valence-electron chi connectivity index (χ4n) is 13.6. The summed E-state index contributed by atoms with van der Waals surface area (Å²) in [6, 6.07) is -3.21. The summed E-state index contributed by atoms with van der Waals surface area (Å²) in [5.74, 6) is -4.04. The number of hydrogen-bond acceptors (Lipinski definition) is 30. The second-order valence-electron chi connectivity index (χ2n) is 30.8. The monoisotopic (exact) mass is 1750 g/mol. The minimum Gasteiger partial charge on any atom is -0.516 e. The number of amides is 9. The highest BCUT2D eigenvalue weighted by Crippen LogP contribution is 2.52. The van der Waals surface area contributed by atoms with Crippen molar-refractivity contribution < 1.29 is 146 Å². The second kappa shape index (κ2) is 61.0. The maximum absolute atomic E-state index is 14.4. The van der Waals surface area contributed by atoms with Crippen LogP contribution < -0.4 is 42.5 Å². The lowest BCUT2D eigenvalue weighted by Gasteiger charge is -2.42. The fraction of sp³-hybridized carbons (Fsp3) is 0.859. The Bertz CT molecular complexity index is 2790. The highest BCUT2D eigenvalue weighted by Gasteiger charge is 2.49. The molecule has 4 aliphatic rings. The van der Waals surface area contributed by atoms with E-state index in [1.54, 1.807) is 6.08 Å². The number of thiol groups is 1. The molecule has 119 heavy (non-hydrogen) atoms. The molecule has 0 spiro atoms. The van der Waals surface area contributed by atoms with Gasteiger partial charge in [-0.3, -0.25) is 47.7 Å². The Labute approximate surface area is 703 Å². The molecule has 0 aromatic heterocycles. The van der Waals surface area contributed by atoms with E-state index in [-0.39, 0.29) is 141 Å². The number of carbonyl (C=O) groups is 9. The van der Waals surface area contributed by atoms with Crippen molar-refractivity contribution in [2.24, 2.45) is 5.92 Å². The van der Waals surface area contributed by atoms with Crippen LogP contribution in [0.2, 0.25) is 0 Å². The van der Waals surface area contributed by atoms with Crippen LogP contribution in [0.5, 0.6) is 0 Å². The molecular formula is C78H140N9O30PS. The van der Waals surface area contributed by atoms with Gasteiger partial charge in [0, 0.05) is 118 Å². The third-order valence-electron chi connectivity index (χ3n) is 20.5. The number of rotatable bonds is 66. The minimum absolute atomic E-state index is 0.0610. The average Bonchev–Trinajstić information content (AvgIpc) is 0.826. The van der Waals surface area contributed by atoms with Crippen LogP contribution in [-0.2, 0) is 94.9 Å². The summed E-state index contributed by atoms with van der Waals surface area (Å²) in [6.07, 6.45) is 2.70. The topological polar surface area (TPSA) is 565 Å². The fourth-order valence-corrected chi connectivity index (χ4v) is 15.4. The zero-order chi connectivity index (χ0) is 87.4. The van der Waals surface area contributed by atoms with Crippen molar-refractivity contribution in [1.29, 1.82) is 0 Å². The molecule has 4 saturated heterocycles. The van der Waals surface area contributed by atoms with Crippen LogP contribution in [-0.4, -0.2) is 338 Å². The molecule has 0 radical (unpaired) electrons. The number of unbranched alkanes of at least 4 members (excludes halogenated alkanes) is 16. The lowest BCUT2D eigenvalue weighted by Crippen LogP contribution is -2.64. The van der Waals surface area contributed by atoms with Crippen LogP contribution in [0.1, 0.15) is 194 Å². The maximum atomic E-state index is 14.4. The Morgan fingerprint density at radius 2 is 0.773 bits per heavy atom. The van der Waals surface area contributed by atoms with E-state index in [2.05, 4.69) is 54.8 Å². The largest absolute Gasteiger partial charge is 0.516 e. The normalized spacial score (nSPS) is 24.9. The standard InChI is InChI=1S/C78H140N9O30PS/c1-53(92)83-65-71(103)68(100)57(47-89)115-75(65)111-37-21-12-7-17-33-80-61(96)29-41-108-50-78(51-109-42-30-62(97)81-34-18-8-13-22-38-112-76-66(84-54(2)93)72(104)69(101)58(48-90)116-76,52-110-43-31-63(98)82-35-19-9-14-23-39-113-77-67(85-55(3)94)73(105)70(102)59(49-91)117-77)86-74(106)56-45-87(46-56)64(99)28-26-27-60(95)79-32-16-6-4-11-24-40-114-118(107,119)44-25-15-5-10-20-36-88/h20,36,56-59,65-73,75-77,88-91,100-105H,4-19,21-35,37-52H2,1-3H3,(H,79,95)(H,80,96)(H,81,97)(H,82,98)(H,83,92)(H,84,93)(H,85,94)(H,86,106)(H,107,119)/b36-20+. The van der Waals surface area contributed by atoms with Crippen LogP contribution in [0.4, 0.5) is 0 Å². The number of nitrogens with zero attached hydrogens (tertiary/aromatic N) is 1. The molecule has 41 heteroatoms. The molecule has 9 amide bonds. The van der Waals surface area contributed by atoms with Crippen molar-refractivity contribution >= 4 is 72.0 Å². The van der Waals surface area contributed by atoms with Crippen LogP contribution in [0, 0.1) is 5.92 Å². The van der Waals surface area contributed by atoms with Gasteiger partial charge in [0.25, 0.3) is 6.57 Å². The molecule has 0 bridgehead atoms. The lowest BCUT2D eigenvalue weighted by atomic mass is 9.95. The number of allylic oxidation sites excluding steroid dienone is 1. The Balaban J connectivity index is 1.33. The third-order valence-corrected chi connectivity index (χ3v) is 22.9. The van der Waals surface area contributed by atoms with Crippen molar-refractivity contribution in [3.8, 4) is 0 Å². The van der Waals surface area contributed by atoms with E-state index in [0.717, 1.165) is 64.0 Å². The molecule has 16 atom stereocenters. The van der Waals surface area contributed by atoms with Crippen molar-refractivity contribution in [3.63, 3.8) is 0 Å². The van der Waals surface area contributed by atoms with Crippen LogP contribution in [0.3, 0.4) is 0 Å². The summed E-state index contributed by atoms with van der Waals surface area (Å²) in [5.41, 5.74) is -1.50. The van der Waals surface area contributed by atoms with E-state index in [0.29, 0.717) is 116 Å². The van der Waals surface area contributed by atoms with Crippen molar-refractivity contribution in [2.75, 3.05) is 131 Å². The molecule has 4 fully saturated rings. The number of nitrogens with one attached hydrogen (secondary N) is 8. The smallest absolute Gasteiger partial charge is 0.254 e. The van der Waals surface area contributed by atoms with Crippen LogP contribution >= 0.6 is 18.8 Å². The van der Waals surface area contributed by atoms with E-state index in [9.17, 15) is 93.7 Å². The summed E-state index contributed by atoms with van der Waals surface area (Å²) in [7, 11) is 0. The molecule has 4 rings (SSSR count). The Morgan fingerprint density at radius 3 is 1.13 bits per heavy atom. The molecule has 0 saturated carbocycles. The molecule has 0 aliphatic carbocycles. The van der Waals surface area contributed by atoms with Crippen LogP contribution in [0.25, 0.3) is 0 Å². The van der Waals surface area contributed by atoms with E-state index in [4.69, 9.17) is 52.3 Å². The number of ether oxygens (including phenoxy) is 9. The molecule has 0 aromatic carbocycles. The van der Waals surface area contributed by atoms with Crippen molar-refractivity contribution in [2.45, 2.75) is 292 Å². The van der Waals surface area contributed by atoms with Gasteiger partial charge in [-0.1, -0.05) is 82.5 Å². The Kier molecular flexibility index (Phi) is 54.3. The van der Waals surface area contributed by atoms with Gasteiger partial charge in [-0.05, 0) is 77.0 Å². The zero-order valence-electron chi connectivity index (χ0n) is 69.6. The summed E-state index contributed by atoms with van der Waals surface area (Å²) in [4.78, 5) is 117. The first-order valence-corrected chi connectivity index (χ1v) is 45.2. The van der Waals surface area contributed by atoms with E-state index in [1.165, 1.54) is 25.7 Å². The van der Waals surface area contributed by atoms with Gasteiger partial charge in [0.05, 0.1) is 78.2 Å². The highest BCUT2D eigenvalue weighted by atomic mass is 32.7. The number of likely N-dealkylation sites (tertiary alicyclic amines) is 1. The summed E-state index contributed by atoms with van der Waals surface area (Å²) >= 11 is 4.25.